The molecule has 1 amide bonds. The van der Waals surface area contributed by atoms with E-state index in [2.05, 4.69) is 40.3 Å². The molecule has 152 valence electrons. The third kappa shape index (κ3) is 4.05. The predicted octanol–water partition coefficient (Wildman–Crippen LogP) is 5.88. The number of carbonyl (C=O) groups excluding carboxylic acids is 1. The van der Waals surface area contributed by atoms with Gasteiger partial charge in [0.05, 0.1) is 18.3 Å². The molecular weight excluding hydrogens is 382 g/mol. The normalized spacial score (nSPS) is 11.1. The Morgan fingerprint density at radius 1 is 0.806 bits per heavy atom. The number of fused-ring (bicyclic) bond motifs is 3. The summed E-state index contributed by atoms with van der Waals surface area (Å²) >= 11 is 0. The molecule has 0 atom stereocenters. The Morgan fingerprint density at radius 3 is 2.32 bits per heavy atom. The maximum Gasteiger partial charge on any atom is 0.227 e. The van der Waals surface area contributed by atoms with Crippen LogP contribution in [0.2, 0.25) is 0 Å². The molecule has 0 aliphatic carbocycles. The van der Waals surface area contributed by atoms with Crippen LogP contribution in [0.3, 0.4) is 0 Å². The number of nitrogens with one attached hydrogen (secondary N) is 1. The first-order chi connectivity index (χ1) is 15.3. The van der Waals surface area contributed by atoms with Gasteiger partial charge < -0.3 is 9.88 Å². The first-order valence-electron chi connectivity index (χ1n) is 10.5. The number of aromatic amines is 1. The van der Waals surface area contributed by atoms with Crippen LogP contribution in [0.15, 0.2) is 97.2 Å². The molecule has 3 aromatic carbocycles. The van der Waals surface area contributed by atoms with E-state index >= 15 is 0 Å². The summed E-state index contributed by atoms with van der Waals surface area (Å²) in [5.41, 5.74) is 5.07. The van der Waals surface area contributed by atoms with Gasteiger partial charge in [-0.3, -0.25) is 9.78 Å². The molecule has 2 heterocycles. The summed E-state index contributed by atoms with van der Waals surface area (Å²) in [6, 6.07) is 30.3. The largest absolute Gasteiger partial charge is 0.353 e. The molecule has 0 saturated carbocycles. The van der Waals surface area contributed by atoms with Gasteiger partial charge in [0.15, 0.2) is 0 Å². The molecule has 0 aliphatic heterocycles. The Balaban J connectivity index is 1.37. The molecular formula is C27H23N3O. The number of H-pyrrole nitrogens is 1. The lowest BCUT2D eigenvalue weighted by atomic mass is 10.1. The summed E-state index contributed by atoms with van der Waals surface area (Å²) in [6.45, 7) is 0.554. The maximum atomic E-state index is 13.2. The second kappa shape index (κ2) is 8.44. The minimum Gasteiger partial charge on any atom is -0.353 e. The Morgan fingerprint density at radius 2 is 1.52 bits per heavy atom. The van der Waals surface area contributed by atoms with Crippen molar-refractivity contribution < 1.29 is 4.79 Å². The van der Waals surface area contributed by atoms with Crippen molar-refractivity contribution in [1.29, 1.82) is 0 Å². The lowest BCUT2D eigenvalue weighted by Gasteiger charge is -2.23. The molecule has 0 radical (unpaired) electrons. The number of para-hydroxylation sites is 2. The summed E-state index contributed by atoms with van der Waals surface area (Å²) in [6.07, 6.45) is 2.88. The van der Waals surface area contributed by atoms with Crippen molar-refractivity contribution in [2.45, 2.75) is 19.4 Å². The highest BCUT2D eigenvalue weighted by molar-refractivity contribution is 6.07. The van der Waals surface area contributed by atoms with E-state index < -0.39 is 0 Å². The molecule has 4 heteroatoms. The Labute approximate surface area is 181 Å². The number of pyridine rings is 1. The number of anilines is 1. The van der Waals surface area contributed by atoms with E-state index in [0.717, 1.165) is 33.4 Å². The summed E-state index contributed by atoms with van der Waals surface area (Å²) in [7, 11) is 0. The standard InChI is InChI=1S/C27H23N3O/c31-27(30(22-11-5-2-6-12-22)19-20-9-3-1-4-10-20)16-15-21-17-24-23-13-7-8-14-25(23)29-26(24)18-28-21/h1-14,17-18,29H,15-16,19H2. The lowest BCUT2D eigenvalue weighted by Crippen LogP contribution is -2.30. The molecule has 0 unspecified atom stereocenters. The minimum absolute atomic E-state index is 0.0934. The van der Waals surface area contributed by atoms with Crippen molar-refractivity contribution in [2.75, 3.05) is 4.90 Å². The van der Waals surface area contributed by atoms with E-state index in [9.17, 15) is 4.79 Å². The van der Waals surface area contributed by atoms with Crippen LogP contribution in [-0.2, 0) is 17.8 Å². The van der Waals surface area contributed by atoms with Gasteiger partial charge in [0, 0.05) is 34.1 Å². The van der Waals surface area contributed by atoms with Gasteiger partial charge in [-0.05, 0) is 36.2 Å². The summed E-state index contributed by atoms with van der Waals surface area (Å²) in [5, 5.41) is 2.33. The van der Waals surface area contributed by atoms with Crippen LogP contribution in [0.5, 0.6) is 0 Å². The van der Waals surface area contributed by atoms with Crippen molar-refractivity contribution in [3.05, 3.63) is 108 Å². The smallest absolute Gasteiger partial charge is 0.227 e. The second-order valence-electron chi connectivity index (χ2n) is 7.69. The number of hydrogen-bond donors (Lipinski definition) is 1. The topological polar surface area (TPSA) is 49.0 Å². The van der Waals surface area contributed by atoms with Crippen molar-refractivity contribution in [2.24, 2.45) is 0 Å². The zero-order valence-electron chi connectivity index (χ0n) is 17.2. The number of aromatic nitrogens is 2. The lowest BCUT2D eigenvalue weighted by molar-refractivity contribution is -0.118. The molecule has 0 fully saturated rings. The molecule has 5 aromatic rings. The van der Waals surface area contributed by atoms with Crippen LogP contribution in [0.4, 0.5) is 5.69 Å². The van der Waals surface area contributed by atoms with Crippen LogP contribution >= 0.6 is 0 Å². The number of aryl methyl sites for hydroxylation is 1. The van der Waals surface area contributed by atoms with Crippen LogP contribution in [-0.4, -0.2) is 15.9 Å². The Hall–Kier alpha value is -3.92. The fourth-order valence-electron chi connectivity index (χ4n) is 4.00. The number of hydrogen-bond acceptors (Lipinski definition) is 2. The summed E-state index contributed by atoms with van der Waals surface area (Å²) < 4.78 is 0. The van der Waals surface area contributed by atoms with Gasteiger partial charge >= 0.3 is 0 Å². The van der Waals surface area contributed by atoms with E-state index in [-0.39, 0.29) is 5.91 Å². The highest BCUT2D eigenvalue weighted by atomic mass is 16.2. The van der Waals surface area contributed by atoms with Gasteiger partial charge in [-0.15, -0.1) is 0 Å². The quantitative estimate of drug-likeness (QED) is 0.383. The second-order valence-corrected chi connectivity index (χ2v) is 7.69. The molecule has 0 saturated heterocycles. The van der Waals surface area contributed by atoms with E-state index in [4.69, 9.17) is 0 Å². The van der Waals surface area contributed by atoms with Gasteiger partial charge in [0.2, 0.25) is 5.91 Å². The molecule has 2 aromatic heterocycles. The maximum absolute atomic E-state index is 13.2. The fourth-order valence-corrected chi connectivity index (χ4v) is 4.00. The van der Waals surface area contributed by atoms with Gasteiger partial charge in [0.1, 0.15) is 0 Å². The van der Waals surface area contributed by atoms with Crippen LogP contribution in [0, 0.1) is 0 Å². The van der Waals surface area contributed by atoms with Crippen LogP contribution in [0.25, 0.3) is 21.8 Å². The average Bonchev–Trinajstić information content (AvgIpc) is 3.20. The van der Waals surface area contributed by atoms with Crippen LogP contribution in [0.1, 0.15) is 17.7 Å². The van der Waals surface area contributed by atoms with Crippen LogP contribution < -0.4 is 4.90 Å². The van der Waals surface area contributed by atoms with E-state index in [1.165, 1.54) is 5.39 Å². The number of benzene rings is 3. The summed E-state index contributed by atoms with van der Waals surface area (Å²) in [5.74, 6) is 0.0934. The number of carbonyl (C=O) groups is 1. The van der Waals surface area contributed by atoms with Crippen molar-refractivity contribution >= 4 is 33.4 Å². The minimum atomic E-state index is 0.0934. The fraction of sp³-hybridized carbons (Fsp3) is 0.111. The van der Waals surface area contributed by atoms with E-state index in [0.29, 0.717) is 19.4 Å². The molecule has 5 rings (SSSR count). The third-order valence-corrected chi connectivity index (χ3v) is 5.59. The van der Waals surface area contributed by atoms with Crippen molar-refractivity contribution in [3.63, 3.8) is 0 Å². The number of rotatable bonds is 6. The molecule has 1 N–H and O–H groups in total. The van der Waals surface area contributed by atoms with Crippen molar-refractivity contribution in [1.82, 2.24) is 9.97 Å². The number of nitrogens with zero attached hydrogens (tertiary/aromatic N) is 2. The molecule has 0 bridgehead atoms. The molecule has 31 heavy (non-hydrogen) atoms. The van der Waals surface area contributed by atoms with E-state index in [1.807, 2.05) is 71.8 Å². The Kier molecular flexibility index (Phi) is 5.19. The third-order valence-electron chi connectivity index (χ3n) is 5.59. The van der Waals surface area contributed by atoms with Gasteiger partial charge in [-0.1, -0.05) is 66.7 Å². The zero-order chi connectivity index (χ0) is 21.0. The highest BCUT2D eigenvalue weighted by Crippen LogP contribution is 2.25. The van der Waals surface area contributed by atoms with Crippen molar-refractivity contribution in [3.8, 4) is 0 Å². The van der Waals surface area contributed by atoms with Gasteiger partial charge in [-0.2, -0.15) is 0 Å². The number of amides is 1. The average molecular weight is 406 g/mol. The first kappa shape index (κ1) is 19.1. The van der Waals surface area contributed by atoms with Gasteiger partial charge in [-0.25, -0.2) is 0 Å². The van der Waals surface area contributed by atoms with Gasteiger partial charge in [0.25, 0.3) is 0 Å². The molecule has 0 aliphatic rings. The molecule has 4 nitrogen and oxygen atoms in total. The monoisotopic (exact) mass is 405 g/mol. The highest BCUT2D eigenvalue weighted by Gasteiger charge is 2.17. The molecule has 0 spiro atoms. The SMILES string of the molecule is O=C(CCc1cc2c(cn1)[nH]c1ccccc12)N(Cc1ccccc1)c1ccccc1. The Bertz CT molecular complexity index is 1330. The zero-order valence-corrected chi connectivity index (χ0v) is 17.2. The summed E-state index contributed by atoms with van der Waals surface area (Å²) in [4.78, 5) is 23.1. The van der Waals surface area contributed by atoms with E-state index in [1.54, 1.807) is 0 Å². The first-order valence-corrected chi connectivity index (χ1v) is 10.5. The predicted molar refractivity (Wildman–Crippen MR) is 126 cm³/mol.